The predicted molar refractivity (Wildman–Crippen MR) is 30.6 cm³/mol. The highest BCUT2D eigenvalue weighted by Crippen LogP contribution is 1.86. The Balaban J connectivity index is 3.35. The Kier molecular flexibility index (Phi) is 0.899. The van der Waals surface area contributed by atoms with Gasteiger partial charge in [0.1, 0.15) is 5.82 Å². The van der Waals surface area contributed by atoms with E-state index in [2.05, 4.69) is 5.10 Å². The van der Waals surface area contributed by atoms with E-state index in [4.69, 9.17) is 13.7 Å². The van der Waals surface area contributed by atoms with E-state index in [1.165, 1.54) is 6.07 Å². The molecular formula is C3H4BN3O. The molecule has 0 aliphatic rings. The van der Waals surface area contributed by atoms with Crippen molar-refractivity contribution < 1.29 is 0 Å². The van der Waals surface area contributed by atoms with E-state index in [0.717, 1.165) is 4.59 Å². The van der Waals surface area contributed by atoms with E-state index < -0.39 is 0 Å². The van der Waals surface area contributed by atoms with Crippen molar-refractivity contribution in [1.82, 2.24) is 9.69 Å². The van der Waals surface area contributed by atoms with Gasteiger partial charge in [0.05, 0.1) is 0 Å². The summed E-state index contributed by atoms with van der Waals surface area (Å²) in [5, 5.41) is 2.22. The lowest BCUT2D eigenvalue weighted by atomic mass is 10.4. The van der Waals surface area contributed by atoms with Crippen molar-refractivity contribution in [2.75, 3.05) is 5.73 Å². The molecule has 1 rings (SSSR count). The Morgan fingerprint density at radius 1 is 1.88 bits per heavy atom. The van der Waals surface area contributed by atoms with Crippen LogP contribution in [0.5, 0.6) is 0 Å². The van der Waals surface area contributed by atoms with E-state index in [0.29, 0.717) is 0 Å². The second-order valence-electron chi connectivity index (χ2n) is 1.42. The molecule has 0 aliphatic carbocycles. The van der Waals surface area contributed by atoms with Crippen molar-refractivity contribution >= 4 is 13.8 Å². The first kappa shape index (κ1) is 5.02. The van der Waals surface area contributed by atoms with E-state index >= 15 is 0 Å². The highest BCUT2D eigenvalue weighted by molar-refractivity contribution is 6.07. The maximum Gasteiger partial charge on any atom is 0.265 e. The number of nitrogens with one attached hydrogen (secondary N) is 1. The minimum absolute atomic E-state index is 0.231. The number of hydrogen-bond donors (Lipinski definition) is 2. The number of aromatic nitrogens is 2. The third-order valence-corrected chi connectivity index (χ3v) is 0.788. The minimum Gasteiger partial charge on any atom is -0.385 e. The summed E-state index contributed by atoms with van der Waals surface area (Å²) in [6.45, 7) is 0. The standard InChI is InChI=1S/C3H4BN3O/c4-7-2(5)1-3(8)6-7/h1H,5H2,(H,6,8). The number of nitrogens with zero attached hydrogens (tertiary/aromatic N) is 1. The van der Waals surface area contributed by atoms with E-state index in [-0.39, 0.29) is 11.4 Å². The summed E-state index contributed by atoms with van der Waals surface area (Å²) in [7, 11) is 5.08. The lowest BCUT2D eigenvalue weighted by molar-refractivity contribution is 0.975. The normalized spacial score (nSPS) is 9.50. The van der Waals surface area contributed by atoms with Gasteiger partial charge in [-0.25, -0.2) is 0 Å². The Labute approximate surface area is 46.7 Å². The molecule has 0 unspecified atom stereocenters. The van der Waals surface area contributed by atoms with Gasteiger partial charge in [0.2, 0.25) is 0 Å². The van der Waals surface area contributed by atoms with Gasteiger partial charge in [-0.1, -0.05) is 0 Å². The van der Waals surface area contributed by atoms with Crippen LogP contribution in [0.2, 0.25) is 0 Å². The topological polar surface area (TPSA) is 63.8 Å². The van der Waals surface area contributed by atoms with Crippen LogP contribution in [0.4, 0.5) is 5.82 Å². The molecule has 1 heterocycles. The second-order valence-corrected chi connectivity index (χ2v) is 1.42. The summed E-state index contributed by atoms with van der Waals surface area (Å²) < 4.78 is 0.961. The van der Waals surface area contributed by atoms with Crippen LogP contribution in [0.15, 0.2) is 10.9 Å². The largest absolute Gasteiger partial charge is 0.385 e. The molecule has 0 bridgehead atoms. The third-order valence-electron chi connectivity index (χ3n) is 0.788. The fraction of sp³-hybridized carbons (Fsp3) is 0. The maximum absolute atomic E-state index is 10.3. The van der Waals surface area contributed by atoms with Crippen molar-refractivity contribution in [3.8, 4) is 0 Å². The quantitative estimate of drug-likeness (QED) is 0.406. The van der Waals surface area contributed by atoms with Crippen LogP contribution in [0, 0.1) is 0 Å². The van der Waals surface area contributed by atoms with Gasteiger partial charge < -0.3 is 10.3 Å². The molecule has 0 aromatic carbocycles. The van der Waals surface area contributed by atoms with Gasteiger partial charge in [0, 0.05) is 6.07 Å². The average Bonchev–Trinajstić information content (AvgIpc) is 1.85. The lowest BCUT2D eigenvalue weighted by Crippen LogP contribution is -2.03. The number of aromatic amines is 1. The predicted octanol–water partition coefficient (Wildman–Crippen LogP) is -1.31. The van der Waals surface area contributed by atoms with Crippen molar-refractivity contribution in [2.24, 2.45) is 0 Å². The zero-order valence-corrected chi connectivity index (χ0v) is 4.09. The smallest absolute Gasteiger partial charge is 0.265 e. The first-order chi connectivity index (χ1) is 3.70. The fourth-order valence-corrected chi connectivity index (χ4v) is 0.419. The monoisotopic (exact) mass is 109 g/mol. The zero-order valence-electron chi connectivity index (χ0n) is 4.09. The molecule has 0 atom stereocenters. The summed E-state index contributed by atoms with van der Waals surface area (Å²) in [4.78, 5) is 10.3. The molecule has 0 saturated heterocycles. The first-order valence-electron chi connectivity index (χ1n) is 2.03. The van der Waals surface area contributed by atoms with Gasteiger partial charge in [0.25, 0.3) is 13.5 Å². The lowest BCUT2D eigenvalue weighted by Gasteiger charge is -1.89. The molecule has 0 spiro atoms. The molecule has 40 valence electrons. The summed E-state index contributed by atoms with van der Waals surface area (Å²) in [5.41, 5.74) is 4.86. The van der Waals surface area contributed by atoms with Gasteiger partial charge in [-0.3, -0.25) is 9.89 Å². The third kappa shape index (κ3) is 0.619. The van der Waals surface area contributed by atoms with Gasteiger partial charge in [-0.2, -0.15) is 0 Å². The van der Waals surface area contributed by atoms with Crippen LogP contribution in [0.1, 0.15) is 0 Å². The Morgan fingerprint density at radius 2 is 2.50 bits per heavy atom. The molecule has 2 radical (unpaired) electrons. The Bertz CT molecular complexity index is 214. The minimum atomic E-state index is -0.287. The molecule has 1 aromatic rings. The van der Waals surface area contributed by atoms with Crippen molar-refractivity contribution in [3.05, 3.63) is 16.4 Å². The highest BCUT2D eigenvalue weighted by Gasteiger charge is 1.90. The number of hydrogen-bond acceptors (Lipinski definition) is 2. The van der Waals surface area contributed by atoms with Gasteiger partial charge in [-0.15, -0.1) is 0 Å². The Morgan fingerprint density at radius 3 is 2.62 bits per heavy atom. The fourth-order valence-electron chi connectivity index (χ4n) is 0.419. The van der Waals surface area contributed by atoms with Gasteiger partial charge in [-0.05, 0) is 0 Å². The summed E-state index contributed by atoms with van der Waals surface area (Å²) in [6.07, 6.45) is 0. The van der Waals surface area contributed by atoms with Gasteiger partial charge in [0.15, 0.2) is 0 Å². The average molecular weight is 109 g/mol. The molecule has 0 aliphatic heterocycles. The number of nitrogen functional groups attached to an aromatic ring is 1. The van der Waals surface area contributed by atoms with E-state index in [9.17, 15) is 4.79 Å². The molecule has 8 heavy (non-hydrogen) atoms. The van der Waals surface area contributed by atoms with Crippen molar-refractivity contribution in [2.45, 2.75) is 0 Å². The molecule has 5 heteroatoms. The summed E-state index contributed by atoms with van der Waals surface area (Å²) >= 11 is 0. The molecule has 0 saturated carbocycles. The summed E-state index contributed by atoms with van der Waals surface area (Å²) in [5.74, 6) is 0.231. The van der Waals surface area contributed by atoms with E-state index in [1.54, 1.807) is 0 Å². The number of nitrogens with two attached hydrogens (primary N) is 1. The van der Waals surface area contributed by atoms with Crippen LogP contribution in [-0.4, -0.2) is 17.7 Å². The molecule has 0 fully saturated rings. The SMILES string of the molecule is [B]n1[nH]c(=O)cc1N. The molecule has 4 nitrogen and oxygen atoms in total. The van der Waals surface area contributed by atoms with Crippen LogP contribution in [0.25, 0.3) is 0 Å². The van der Waals surface area contributed by atoms with Crippen LogP contribution in [-0.2, 0) is 0 Å². The van der Waals surface area contributed by atoms with Crippen molar-refractivity contribution in [1.29, 1.82) is 0 Å². The molecular weight excluding hydrogens is 105 g/mol. The highest BCUT2D eigenvalue weighted by atomic mass is 16.1. The van der Waals surface area contributed by atoms with Crippen molar-refractivity contribution in [3.63, 3.8) is 0 Å². The second kappa shape index (κ2) is 1.43. The molecule has 0 amide bonds. The van der Waals surface area contributed by atoms with E-state index in [1.807, 2.05) is 0 Å². The van der Waals surface area contributed by atoms with Crippen LogP contribution >= 0.6 is 0 Å². The van der Waals surface area contributed by atoms with Crippen LogP contribution in [0.3, 0.4) is 0 Å². The van der Waals surface area contributed by atoms with Crippen LogP contribution < -0.4 is 11.3 Å². The zero-order chi connectivity index (χ0) is 6.15. The van der Waals surface area contributed by atoms with Gasteiger partial charge >= 0.3 is 0 Å². The maximum atomic E-state index is 10.3. The Hall–Kier alpha value is -1.13. The number of H-pyrrole nitrogens is 1. The molecule has 3 N–H and O–H groups in total. The first-order valence-corrected chi connectivity index (χ1v) is 2.03. The number of anilines is 1. The summed E-state index contributed by atoms with van der Waals surface area (Å²) in [6, 6.07) is 1.21. The number of rotatable bonds is 0. The molecule has 1 aromatic heterocycles.